The number of hydrogen-bond donors (Lipinski definition) is 2. The third-order valence-electron chi connectivity index (χ3n) is 7.48. The summed E-state index contributed by atoms with van der Waals surface area (Å²) in [7, 11) is 3.87. The average molecular weight is 554 g/mol. The van der Waals surface area contributed by atoms with Crippen LogP contribution in [0.2, 0.25) is 0 Å². The van der Waals surface area contributed by atoms with Crippen LogP contribution in [0.25, 0.3) is 11.3 Å². The summed E-state index contributed by atoms with van der Waals surface area (Å²) in [6, 6.07) is 9.96. The minimum atomic E-state index is -2.59. The zero-order chi connectivity index (χ0) is 28.9. The molecule has 3 aromatic rings. The molecule has 1 fully saturated rings. The van der Waals surface area contributed by atoms with Gasteiger partial charge in [0.25, 0.3) is 6.43 Å². The number of halogens is 2. The van der Waals surface area contributed by atoms with Gasteiger partial charge in [0.05, 0.1) is 17.3 Å². The summed E-state index contributed by atoms with van der Waals surface area (Å²) in [5.74, 6) is 0.443. The van der Waals surface area contributed by atoms with E-state index in [-0.39, 0.29) is 29.2 Å². The molecule has 4 rings (SSSR count). The number of esters is 1. The SMILES string of the molecule is Cc1cc(Nc2cc(C(F)F)ccn2)nc(-c2ccc(C(C)(O)C3CCC(C(=O)OCCN(C)C)CC3)nc2)c1. The van der Waals surface area contributed by atoms with Crippen LogP contribution in [0.15, 0.2) is 48.8 Å². The molecule has 1 aliphatic rings. The molecule has 1 unspecified atom stereocenters. The molecule has 8 nitrogen and oxygen atoms in total. The highest BCUT2D eigenvalue weighted by Crippen LogP contribution is 2.41. The Labute approximate surface area is 233 Å². The zero-order valence-corrected chi connectivity index (χ0v) is 23.4. The van der Waals surface area contributed by atoms with Crippen molar-refractivity contribution in [1.29, 1.82) is 0 Å². The van der Waals surface area contributed by atoms with E-state index in [4.69, 9.17) is 4.74 Å². The van der Waals surface area contributed by atoms with E-state index in [1.807, 2.05) is 44.1 Å². The standard InChI is InChI=1S/C30H37F2N5O3/c1-19-15-24(35-27(16-19)36-26-17-21(28(31)32)11-12-33-26)22-7-10-25(34-18-22)30(2,39)23-8-5-20(6-9-23)29(38)40-14-13-37(3)4/h7,10-12,15-18,20,23,28,39H,5-6,8-9,13-14H2,1-4H3,(H,33,35,36). The molecule has 3 aromatic heterocycles. The van der Waals surface area contributed by atoms with Crippen molar-refractivity contribution in [2.75, 3.05) is 32.6 Å². The molecule has 214 valence electrons. The highest BCUT2D eigenvalue weighted by Gasteiger charge is 2.39. The number of aromatic nitrogens is 3. The summed E-state index contributed by atoms with van der Waals surface area (Å²) in [5, 5.41) is 14.4. The van der Waals surface area contributed by atoms with Crippen LogP contribution in [0, 0.1) is 18.8 Å². The Morgan fingerprint density at radius 2 is 1.88 bits per heavy atom. The third-order valence-corrected chi connectivity index (χ3v) is 7.48. The molecule has 0 bridgehead atoms. The first-order chi connectivity index (χ1) is 19.0. The fourth-order valence-corrected chi connectivity index (χ4v) is 5.05. The Hall–Kier alpha value is -3.50. The third kappa shape index (κ3) is 7.37. The van der Waals surface area contributed by atoms with Crippen molar-refractivity contribution in [3.05, 3.63) is 65.6 Å². The summed E-state index contributed by atoms with van der Waals surface area (Å²) in [5.41, 5.74) is 1.62. The van der Waals surface area contributed by atoms with Gasteiger partial charge in [0.15, 0.2) is 0 Å². The van der Waals surface area contributed by atoms with E-state index in [1.54, 1.807) is 19.2 Å². The second-order valence-corrected chi connectivity index (χ2v) is 10.9. The molecular formula is C30H37F2N5O3. The molecule has 1 aliphatic carbocycles. The number of rotatable bonds is 10. The van der Waals surface area contributed by atoms with E-state index in [1.165, 1.54) is 18.3 Å². The number of aliphatic hydroxyl groups is 1. The van der Waals surface area contributed by atoms with Gasteiger partial charge in [-0.2, -0.15) is 0 Å². The van der Waals surface area contributed by atoms with Gasteiger partial charge in [-0.25, -0.2) is 18.7 Å². The maximum Gasteiger partial charge on any atom is 0.308 e. The van der Waals surface area contributed by atoms with Gasteiger partial charge in [0, 0.05) is 30.1 Å². The van der Waals surface area contributed by atoms with Crippen LogP contribution >= 0.6 is 0 Å². The van der Waals surface area contributed by atoms with Crippen molar-refractivity contribution in [2.24, 2.45) is 11.8 Å². The summed E-state index contributed by atoms with van der Waals surface area (Å²) in [4.78, 5) is 27.7. The molecule has 10 heteroatoms. The number of pyridine rings is 3. The molecular weight excluding hydrogens is 516 g/mol. The Balaban J connectivity index is 1.41. The van der Waals surface area contributed by atoms with Crippen molar-refractivity contribution in [2.45, 2.75) is 51.6 Å². The van der Waals surface area contributed by atoms with E-state index in [9.17, 15) is 18.7 Å². The average Bonchev–Trinajstić information content (AvgIpc) is 2.92. The van der Waals surface area contributed by atoms with Crippen LogP contribution < -0.4 is 5.32 Å². The lowest BCUT2D eigenvalue weighted by Gasteiger charge is -2.37. The number of likely N-dealkylation sites (N-methyl/N-ethyl adjacent to an activating group) is 1. The van der Waals surface area contributed by atoms with E-state index >= 15 is 0 Å². The van der Waals surface area contributed by atoms with Gasteiger partial charge in [-0.3, -0.25) is 9.78 Å². The number of nitrogens with zero attached hydrogens (tertiary/aromatic N) is 4. The van der Waals surface area contributed by atoms with Crippen molar-refractivity contribution >= 4 is 17.6 Å². The molecule has 2 N–H and O–H groups in total. The van der Waals surface area contributed by atoms with E-state index in [2.05, 4.69) is 20.3 Å². The van der Waals surface area contributed by atoms with Crippen molar-refractivity contribution in [3.8, 4) is 11.3 Å². The van der Waals surface area contributed by atoms with Gasteiger partial charge in [-0.1, -0.05) is 0 Å². The second kappa shape index (κ2) is 12.8. The fourth-order valence-electron chi connectivity index (χ4n) is 5.05. The summed E-state index contributed by atoms with van der Waals surface area (Å²) < 4.78 is 31.6. The van der Waals surface area contributed by atoms with Gasteiger partial charge in [0.1, 0.15) is 23.8 Å². The monoisotopic (exact) mass is 553 g/mol. The predicted molar refractivity (Wildman–Crippen MR) is 149 cm³/mol. The quantitative estimate of drug-likeness (QED) is 0.311. The summed E-state index contributed by atoms with van der Waals surface area (Å²) >= 11 is 0. The number of anilines is 2. The normalized spacial score (nSPS) is 18.9. The lowest BCUT2D eigenvalue weighted by Crippen LogP contribution is -2.37. The Morgan fingerprint density at radius 3 is 2.52 bits per heavy atom. The van der Waals surface area contributed by atoms with E-state index < -0.39 is 12.0 Å². The van der Waals surface area contributed by atoms with Gasteiger partial charge in [0.2, 0.25) is 0 Å². The van der Waals surface area contributed by atoms with Gasteiger partial charge < -0.3 is 20.1 Å². The second-order valence-electron chi connectivity index (χ2n) is 10.9. The first-order valence-corrected chi connectivity index (χ1v) is 13.5. The van der Waals surface area contributed by atoms with Gasteiger partial charge in [-0.15, -0.1) is 0 Å². The number of alkyl halides is 2. The van der Waals surface area contributed by atoms with Crippen LogP contribution in [0.3, 0.4) is 0 Å². The highest BCUT2D eigenvalue weighted by atomic mass is 19.3. The molecule has 0 spiro atoms. The largest absolute Gasteiger partial charge is 0.464 e. The van der Waals surface area contributed by atoms with E-state index in [0.717, 1.165) is 11.1 Å². The highest BCUT2D eigenvalue weighted by molar-refractivity contribution is 5.72. The fraction of sp³-hybridized carbons (Fsp3) is 0.467. The molecule has 0 aliphatic heterocycles. The molecule has 0 aromatic carbocycles. The maximum absolute atomic E-state index is 13.1. The summed E-state index contributed by atoms with van der Waals surface area (Å²) in [6.07, 6.45) is 3.20. The minimum absolute atomic E-state index is 0.0268. The van der Waals surface area contributed by atoms with Crippen LogP contribution in [0.5, 0.6) is 0 Å². The zero-order valence-electron chi connectivity index (χ0n) is 23.4. The Kier molecular flexibility index (Phi) is 9.42. The van der Waals surface area contributed by atoms with E-state index in [0.29, 0.717) is 56.0 Å². The van der Waals surface area contributed by atoms with Crippen LogP contribution in [-0.4, -0.2) is 58.2 Å². The molecule has 0 amide bonds. The summed E-state index contributed by atoms with van der Waals surface area (Å²) in [6.45, 7) is 4.78. The van der Waals surface area contributed by atoms with Crippen LogP contribution in [0.4, 0.5) is 20.4 Å². The molecule has 1 atom stereocenters. The molecule has 40 heavy (non-hydrogen) atoms. The van der Waals surface area contributed by atoms with Crippen molar-refractivity contribution in [1.82, 2.24) is 19.9 Å². The molecule has 1 saturated carbocycles. The number of ether oxygens (including phenoxy) is 1. The van der Waals surface area contributed by atoms with Crippen molar-refractivity contribution in [3.63, 3.8) is 0 Å². The molecule has 0 radical (unpaired) electrons. The Bertz CT molecular complexity index is 1290. The topological polar surface area (TPSA) is 100 Å². The van der Waals surface area contributed by atoms with Gasteiger partial charge in [-0.05, 0) is 102 Å². The lowest BCUT2D eigenvalue weighted by molar-refractivity contribution is -0.151. The number of carbonyl (C=O) groups excluding carboxylic acids is 1. The molecule has 0 saturated heterocycles. The lowest BCUT2D eigenvalue weighted by atomic mass is 9.73. The predicted octanol–water partition coefficient (Wildman–Crippen LogP) is 5.65. The maximum atomic E-state index is 13.1. The number of hydrogen-bond acceptors (Lipinski definition) is 8. The first-order valence-electron chi connectivity index (χ1n) is 13.5. The van der Waals surface area contributed by atoms with Crippen LogP contribution in [0.1, 0.15) is 55.9 Å². The first kappa shape index (κ1) is 29.5. The van der Waals surface area contributed by atoms with Gasteiger partial charge >= 0.3 is 5.97 Å². The Morgan fingerprint density at radius 1 is 1.12 bits per heavy atom. The smallest absolute Gasteiger partial charge is 0.308 e. The van der Waals surface area contributed by atoms with Crippen LogP contribution in [-0.2, 0) is 15.1 Å². The minimum Gasteiger partial charge on any atom is -0.464 e. The number of nitrogens with one attached hydrogen (secondary N) is 1. The molecule has 3 heterocycles. The van der Waals surface area contributed by atoms with Crippen molar-refractivity contribution < 1.29 is 23.4 Å². The number of aryl methyl sites for hydroxylation is 1. The number of carbonyl (C=O) groups is 1.